The summed E-state index contributed by atoms with van der Waals surface area (Å²) in [4.78, 5) is 27.9. The van der Waals surface area contributed by atoms with Gasteiger partial charge in [-0.2, -0.15) is 5.26 Å². The maximum atomic E-state index is 12.9. The molecule has 55 heavy (non-hydrogen) atoms. The van der Waals surface area contributed by atoms with Crippen molar-refractivity contribution in [3.8, 4) is 16.5 Å². The lowest BCUT2D eigenvalue weighted by molar-refractivity contribution is -0.137. The van der Waals surface area contributed by atoms with Crippen LogP contribution in [-0.4, -0.2) is 23.5 Å². The maximum absolute atomic E-state index is 12.9. The zero-order valence-electron chi connectivity index (χ0n) is 30.0. The van der Waals surface area contributed by atoms with Crippen LogP contribution in [-0.2, 0) is 9.59 Å². The number of anilines is 3. The fraction of sp³-hybridized carbons (Fsp3) is 0.104. The van der Waals surface area contributed by atoms with Crippen LogP contribution in [0.3, 0.4) is 0 Å². The van der Waals surface area contributed by atoms with Crippen LogP contribution in [0.1, 0.15) is 30.6 Å². The number of carbonyl (C=O) groups is 2. The first-order valence-corrected chi connectivity index (χ1v) is 19.2. The first kappa shape index (κ1) is 35.3. The molecule has 0 radical (unpaired) electrons. The number of carbonyl (C=O) groups excluding carboxylic acids is 1. The van der Waals surface area contributed by atoms with Crippen molar-refractivity contribution in [2.75, 3.05) is 11.4 Å². The Hall–Kier alpha value is -6.75. The van der Waals surface area contributed by atoms with Gasteiger partial charge in [0, 0.05) is 50.4 Å². The SMILES string of the molecule is N#C/C(=C\c1ccc(-c2c3ccccc3c(N(c3ccc4ccccc4c3)c3ccc4ccccc4c3)c3ccccc23)s1)C(=O)NCCCCCC(=O)O. The second-order valence-corrected chi connectivity index (χ2v) is 14.7. The van der Waals surface area contributed by atoms with Crippen molar-refractivity contribution < 1.29 is 14.7 Å². The van der Waals surface area contributed by atoms with E-state index in [4.69, 9.17) is 5.11 Å². The van der Waals surface area contributed by atoms with Crippen LogP contribution < -0.4 is 10.2 Å². The zero-order valence-corrected chi connectivity index (χ0v) is 30.9. The Balaban J connectivity index is 1.24. The Labute approximate surface area is 323 Å². The van der Waals surface area contributed by atoms with Gasteiger partial charge < -0.3 is 15.3 Å². The Morgan fingerprint density at radius 2 is 1.20 bits per heavy atom. The van der Waals surface area contributed by atoms with Gasteiger partial charge in [-0.15, -0.1) is 11.3 Å². The van der Waals surface area contributed by atoms with E-state index in [1.54, 1.807) is 17.4 Å². The fourth-order valence-electron chi connectivity index (χ4n) is 7.38. The Morgan fingerprint density at radius 3 is 1.76 bits per heavy atom. The number of amides is 1. The molecule has 0 bridgehead atoms. The molecule has 0 aliphatic carbocycles. The van der Waals surface area contributed by atoms with E-state index in [9.17, 15) is 14.9 Å². The van der Waals surface area contributed by atoms with Gasteiger partial charge >= 0.3 is 5.97 Å². The molecule has 0 aliphatic rings. The predicted octanol–water partition coefficient (Wildman–Crippen LogP) is 12.2. The Morgan fingerprint density at radius 1 is 0.655 bits per heavy atom. The summed E-state index contributed by atoms with van der Waals surface area (Å²) >= 11 is 1.55. The molecule has 0 saturated carbocycles. The number of carboxylic acids is 1. The molecule has 268 valence electrons. The average molecular weight is 736 g/mol. The van der Waals surface area contributed by atoms with E-state index >= 15 is 0 Å². The van der Waals surface area contributed by atoms with Crippen molar-refractivity contribution in [1.82, 2.24) is 5.32 Å². The zero-order chi connectivity index (χ0) is 37.7. The van der Waals surface area contributed by atoms with Crippen LogP contribution >= 0.6 is 11.3 Å². The number of hydrogen-bond acceptors (Lipinski definition) is 5. The van der Waals surface area contributed by atoms with Crippen LogP contribution in [0.25, 0.3) is 59.6 Å². The summed E-state index contributed by atoms with van der Waals surface area (Å²) in [5.74, 6) is -1.26. The highest BCUT2D eigenvalue weighted by Gasteiger charge is 2.23. The quantitative estimate of drug-likeness (QED) is 0.0564. The van der Waals surface area contributed by atoms with E-state index in [1.807, 2.05) is 6.07 Å². The molecule has 1 aromatic heterocycles. The molecule has 8 rings (SSSR count). The van der Waals surface area contributed by atoms with Gasteiger partial charge in [0.1, 0.15) is 11.6 Å². The molecule has 7 heteroatoms. The van der Waals surface area contributed by atoms with E-state index in [0.29, 0.717) is 25.8 Å². The number of hydrogen-bond donors (Lipinski definition) is 2. The highest BCUT2D eigenvalue weighted by atomic mass is 32.1. The van der Waals surface area contributed by atoms with Crippen molar-refractivity contribution >= 4 is 89.4 Å². The monoisotopic (exact) mass is 735 g/mol. The number of benzene rings is 7. The summed E-state index contributed by atoms with van der Waals surface area (Å²) < 4.78 is 0. The van der Waals surface area contributed by atoms with Crippen LogP contribution in [0.4, 0.5) is 17.1 Å². The standard InChI is InChI=1S/C48H37N3O3S/c49-31-36(48(54)50-27-11-1-2-20-45(52)53)30-39-25-26-44(55-39)46-40-16-7-9-18-42(40)47(43-19-10-8-17-41(43)46)51(37-23-21-32-12-3-5-14-34(32)28-37)38-24-22-33-13-4-6-15-35(33)29-38/h3-10,12-19,21-26,28-30H,1-2,11,20,27H2,(H,50,54)(H,52,53)/b36-30+. The van der Waals surface area contributed by atoms with Crippen molar-refractivity contribution in [2.24, 2.45) is 0 Å². The number of nitrogens with one attached hydrogen (secondary N) is 1. The van der Waals surface area contributed by atoms with Gasteiger partial charge in [0.25, 0.3) is 5.91 Å². The van der Waals surface area contributed by atoms with Crippen molar-refractivity contribution in [3.05, 3.63) is 156 Å². The van der Waals surface area contributed by atoms with Crippen molar-refractivity contribution in [3.63, 3.8) is 0 Å². The van der Waals surface area contributed by atoms with Crippen LogP contribution in [0.2, 0.25) is 0 Å². The number of nitriles is 1. The number of nitrogens with zero attached hydrogens (tertiary/aromatic N) is 2. The third-order valence-electron chi connectivity index (χ3n) is 9.99. The van der Waals surface area contributed by atoms with E-state index < -0.39 is 11.9 Å². The first-order valence-electron chi connectivity index (χ1n) is 18.4. The number of carboxylic acid groups (broad SMARTS) is 1. The molecule has 8 aromatic rings. The van der Waals surface area contributed by atoms with Crippen molar-refractivity contribution in [1.29, 1.82) is 5.26 Å². The summed E-state index contributed by atoms with van der Waals surface area (Å²) in [6.45, 7) is 0.382. The lowest BCUT2D eigenvalue weighted by Crippen LogP contribution is -2.25. The lowest BCUT2D eigenvalue weighted by Gasteiger charge is -2.30. The normalized spacial score (nSPS) is 11.6. The summed E-state index contributed by atoms with van der Waals surface area (Å²) in [7, 11) is 0. The third-order valence-corrected chi connectivity index (χ3v) is 11.0. The van der Waals surface area contributed by atoms with E-state index in [1.165, 1.54) is 10.8 Å². The first-order chi connectivity index (χ1) is 27.0. The smallest absolute Gasteiger partial charge is 0.303 e. The summed E-state index contributed by atoms with van der Waals surface area (Å²) in [5, 5.41) is 30.7. The molecular formula is C48H37N3O3S. The number of rotatable bonds is 12. The van der Waals surface area contributed by atoms with Gasteiger partial charge in [-0.25, -0.2) is 0 Å². The third kappa shape index (κ3) is 7.28. The molecule has 1 amide bonds. The minimum absolute atomic E-state index is 0.0328. The molecule has 2 N–H and O–H groups in total. The Kier molecular flexibility index (Phi) is 10.1. The van der Waals surface area contributed by atoms with Crippen LogP contribution in [0.15, 0.2) is 151 Å². The molecule has 7 aromatic carbocycles. The number of unbranched alkanes of at least 4 members (excludes halogenated alkanes) is 2. The molecule has 0 unspecified atom stereocenters. The van der Waals surface area contributed by atoms with Gasteiger partial charge in [0.2, 0.25) is 0 Å². The lowest BCUT2D eigenvalue weighted by atomic mass is 9.92. The topological polar surface area (TPSA) is 93.4 Å². The molecule has 1 heterocycles. The molecule has 0 fully saturated rings. The Bertz CT molecular complexity index is 2680. The minimum atomic E-state index is -0.824. The van der Waals surface area contributed by atoms with Gasteiger partial charge in [-0.05, 0) is 87.6 Å². The molecule has 0 aliphatic heterocycles. The van der Waals surface area contributed by atoms with E-state index in [0.717, 1.165) is 64.7 Å². The highest BCUT2D eigenvalue weighted by Crippen LogP contribution is 2.49. The second-order valence-electron chi connectivity index (χ2n) is 13.5. The molecule has 6 nitrogen and oxygen atoms in total. The van der Waals surface area contributed by atoms with Crippen LogP contribution in [0.5, 0.6) is 0 Å². The second kappa shape index (κ2) is 15.7. The molecule has 0 atom stereocenters. The molecular weight excluding hydrogens is 699 g/mol. The fourth-order valence-corrected chi connectivity index (χ4v) is 8.41. The van der Waals surface area contributed by atoms with Crippen LogP contribution in [0, 0.1) is 11.3 Å². The number of thiophene rings is 1. The summed E-state index contributed by atoms with van der Waals surface area (Å²) in [6, 6.07) is 53.4. The number of fused-ring (bicyclic) bond motifs is 4. The minimum Gasteiger partial charge on any atom is -0.481 e. The average Bonchev–Trinajstić information content (AvgIpc) is 3.68. The largest absolute Gasteiger partial charge is 0.481 e. The van der Waals surface area contributed by atoms with Gasteiger partial charge in [-0.1, -0.05) is 116 Å². The summed E-state index contributed by atoms with van der Waals surface area (Å²) in [5.41, 5.74) is 4.33. The van der Waals surface area contributed by atoms with Crippen molar-refractivity contribution in [2.45, 2.75) is 25.7 Å². The van der Waals surface area contributed by atoms with Gasteiger partial charge in [0.05, 0.1) is 5.69 Å². The van der Waals surface area contributed by atoms with Gasteiger partial charge in [0.15, 0.2) is 0 Å². The van der Waals surface area contributed by atoms with E-state index in [2.05, 4.69) is 156 Å². The molecule has 0 spiro atoms. The maximum Gasteiger partial charge on any atom is 0.303 e. The van der Waals surface area contributed by atoms with E-state index in [-0.39, 0.29) is 12.0 Å². The highest BCUT2D eigenvalue weighted by molar-refractivity contribution is 7.16. The van der Waals surface area contributed by atoms with Gasteiger partial charge in [-0.3, -0.25) is 9.59 Å². The number of aliphatic carboxylic acids is 1. The molecule has 0 saturated heterocycles. The summed E-state index contributed by atoms with van der Waals surface area (Å²) in [6.07, 6.45) is 3.65. The predicted molar refractivity (Wildman–Crippen MR) is 227 cm³/mol.